The van der Waals surface area contributed by atoms with Crippen LogP contribution in [-0.2, 0) is 0 Å². The van der Waals surface area contributed by atoms with Crippen molar-refractivity contribution >= 4 is 0 Å². The molecular weight excluding hydrogens is 315 g/mol. The number of alkyl halides is 1. The van der Waals surface area contributed by atoms with Gasteiger partial charge in [0.15, 0.2) is 0 Å². The van der Waals surface area contributed by atoms with E-state index in [1.54, 1.807) is 0 Å². The van der Waals surface area contributed by atoms with Gasteiger partial charge >= 0.3 is 0 Å². The van der Waals surface area contributed by atoms with Crippen molar-refractivity contribution in [2.45, 2.75) is 76.4 Å². The average Bonchev–Trinajstić information content (AvgIpc) is 2.86. The van der Waals surface area contributed by atoms with Gasteiger partial charge < -0.3 is 10.2 Å². The number of aliphatic hydroxyl groups is 2. The van der Waals surface area contributed by atoms with Crippen LogP contribution in [0.3, 0.4) is 0 Å². The third-order valence-corrected chi connectivity index (χ3v) is 8.97. The molecule has 140 valence electrons. The Morgan fingerprint density at radius 2 is 1.92 bits per heavy atom. The summed E-state index contributed by atoms with van der Waals surface area (Å²) in [5.74, 6) is 5.99. The van der Waals surface area contributed by atoms with E-state index in [1.807, 2.05) is 0 Å². The molecule has 9 atom stereocenters. The maximum absolute atomic E-state index is 13.2. The van der Waals surface area contributed by atoms with Gasteiger partial charge in [-0.05, 0) is 93.3 Å². The third kappa shape index (κ3) is 2.51. The fraction of sp³-hybridized carbons (Fsp3) is 0.909. The van der Waals surface area contributed by atoms with Crippen LogP contribution in [0, 0.1) is 53.3 Å². The Kier molecular flexibility index (Phi) is 4.44. The first kappa shape index (κ1) is 17.8. The molecule has 2 nitrogen and oxygen atoms in total. The SMILES string of the molecule is C#C[C@@]1(O)CC[C@H]2[C@@H]3CCC4CC(O)CC(CCF)[C@@H]4[C@H]3CC[C@@]21C. The normalized spacial score (nSPS) is 54.9. The predicted molar refractivity (Wildman–Crippen MR) is 96.4 cm³/mol. The van der Waals surface area contributed by atoms with Gasteiger partial charge in [0.05, 0.1) is 12.8 Å². The number of halogens is 1. The van der Waals surface area contributed by atoms with Crippen LogP contribution in [0.4, 0.5) is 4.39 Å². The van der Waals surface area contributed by atoms with E-state index in [0.717, 1.165) is 44.9 Å². The van der Waals surface area contributed by atoms with E-state index >= 15 is 0 Å². The number of hydrogen-bond acceptors (Lipinski definition) is 2. The Morgan fingerprint density at radius 1 is 1.12 bits per heavy atom. The molecule has 3 unspecified atom stereocenters. The lowest BCUT2D eigenvalue weighted by atomic mass is 9.47. The molecule has 4 aliphatic rings. The van der Waals surface area contributed by atoms with E-state index in [1.165, 1.54) is 6.42 Å². The molecule has 0 amide bonds. The predicted octanol–water partition coefficient (Wildman–Crippen LogP) is 3.95. The van der Waals surface area contributed by atoms with Crippen LogP contribution in [0.1, 0.15) is 64.7 Å². The van der Waals surface area contributed by atoms with Crippen molar-refractivity contribution in [1.29, 1.82) is 0 Å². The van der Waals surface area contributed by atoms with Crippen LogP contribution in [0.25, 0.3) is 0 Å². The van der Waals surface area contributed by atoms with Gasteiger partial charge in [-0.1, -0.05) is 12.8 Å². The quantitative estimate of drug-likeness (QED) is 0.742. The van der Waals surface area contributed by atoms with E-state index in [-0.39, 0.29) is 18.2 Å². The summed E-state index contributed by atoms with van der Waals surface area (Å²) in [6, 6.07) is 0. The number of hydrogen-bond donors (Lipinski definition) is 2. The first-order valence-electron chi connectivity index (χ1n) is 10.4. The summed E-state index contributed by atoms with van der Waals surface area (Å²) in [6.07, 6.45) is 14.0. The van der Waals surface area contributed by atoms with Gasteiger partial charge in [0.25, 0.3) is 0 Å². The maximum atomic E-state index is 13.2. The summed E-state index contributed by atoms with van der Waals surface area (Å²) < 4.78 is 13.2. The van der Waals surface area contributed by atoms with Crippen molar-refractivity contribution in [3.05, 3.63) is 0 Å². The number of fused-ring (bicyclic) bond motifs is 5. The van der Waals surface area contributed by atoms with Crippen LogP contribution in [0.5, 0.6) is 0 Å². The molecule has 0 heterocycles. The number of rotatable bonds is 2. The smallest absolute Gasteiger partial charge is 0.130 e. The molecule has 0 aromatic rings. The van der Waals surface area contributed by atoms with E-state index < -0.39 is 5.60 Å². The summed E-state index contributed by atoms with van der Waals surface area (Å²) >= 11 is 0. The van der Waals surface area contributed by atoms with Gasteiger partial charge in [-0.15, -0.1) is 6.42 Å². The molecule has 0 aromatic carbocycles. The van der Waals surface area contributed by atoms with Gasteiger partial charge in [-0.3, -0.25) is 4.39 Å². The molecule has 4 aliphatic carbocycles. The van der Waals surface area contributed by atoms with E-state index in [4.69, 9.17) is 6.42 Å². The molecule has 25 heavy (non-hydrogen) atoms. The number of aliphatic hydroxyl groups excluding tert-OH is 1. The highest BCUT2D eigenvalue weighted by atomic mass is 19.1. The minimum atomic E-state index is -0.944. The standard InChI is InChI=1S/C22H33FO2/c1-3-22(25)10-7-19-17-5-4-14-12-16(24)13-15(8-11-23)20(14)18(17)6-9-21(19,22)2/h1,14-20,24-25H,4-13H2,2H3/t14?,15?,16?,17-,18+,19+,20-,21+,22-/m1/s1. The van der Waals surface area contributed by atoms with Gasteiger partial charge in [-0.2, -0.15) is 0 Å². The molecule has 4 rings (SSSR count). The van der Waals surface area contributed by atoms with Gasteiger partial charge in [0, 0.05) is 5.41 Å². The Hall–Kier alpha value is -0.590. The topological polar surface area (TPSA) is 40.5 Å². The maximum Gasteiger partial charge on any atom is 0.130 e. The van der Waals surface area contributed by atoms with Gasteiger partial charge in [0.2, 0.25) is 0 Å². The molecule has 0 aliphatic heterocycles. The minimum Gasteiger partial charge on any atom is -0.393 e. The Morgan fingerprint density at radius 3 is 2.64 bits per heavy atom. The summed E-state index contributed by atoms with van der Waals surface area (Å²) in [5.41, 5.74) is -1.10. The van der Waals surface area contributed by atoms with Crippen molar-refractivity contribution in [3.63, 3.8) is 0 Å². The van der Waals surface area contributed by atoms with Crippen LogP contribution in [0.2, 0.25) is 0 Å². The lowest BCUT2D eigenvalue weighted by molar-refractivity contribution is -0.125. The summed E-state index contributed by atoms with van der Waals surface area (Å²) in [6.45, 7) is 1.95. The molecule has 4 fully saturated rings. The highest BCUT2D eigenvalue weighted by Crippen LogP contribution is 2.65. The van der Waals surface area contributed by atoms with Gasteiger partial charge in [0.1, 0.15) is 5.60 Å². The van der Waals surface area contributed by atoms with Gasteiger partial charge in [-0.25, -0.2) is 0 Å². The van der Waals surface area contributed by atoms with Crippen LogP contribution in [-0.4, -0.2) is 28.6 Å². The largest absolute Gasteiger partial charge is 0.393 e. The molecule has 3 heteroatoms. The highest BCUT2D eigenvalue weighted by Gasteiger charge is 2.62. The second kappa shape index (κ2) is 6.24. The molecule has 0 radical (unpaired) electrons. The summed E-state index contributed by atoms with van der Waals surface area (Å²) in [5, 5.41) is 21.3. The van der Waals surface area contributed by atoms with Crippen molar-refractivity contribution in [2.75, 3.05) is 6.67 Å². The molecule has 0 spiro atoms. The molecule has 2 N–H and O–H groups in total. The van der Waals surface area contributed by atoms with Crippen molar-refractivity contribution < 1.29 is 14.6 Å². The summed E-state index contributed by atoms with van der Waals surface area (Å²) in [7, 11) is 0. The second-order valence-corrected chi connectivity index (χ2v) is 9.71. The zero-order chi connectivity index (χ0) is 17.8. The molecule has 0 aromatic heterocycles. The second-order valence-electron chi connectivity index (χ2n) is 9.71. The van der Waals surface area contributed by atoms with Crippen LogP contribution < -0.4 is 0 Å². The van der Waals surface area contributed by atoms with Crippen molar-refractivity contribution in [3.8, 4) is 12.3 Å². The fourth-order valence-corrected chi connectivity index (χ4v) is 7.82. The summed E-state index contributed by atoms with van der Waals surface area (Å²) in [4.78, 5) is 0. The van der Waals surface area contributed by atoms with Crippen LogP contribution in [0.15, 0.2) is 0 Å². The monoisotopic (exact) mass is 348 g/mol. The van der Waals surface area contributed by atoms with Crippen molar-refractivity contribution in [1.82, 2.24) is 0 Å². The molecule has 4 saturated carbocycles. The Bertz CT molecular complexity index is 557. The first-order valence-corrected chi connectivity index (χ1v) is 10.4. The van der Waals surface area contributed by atoms with Crippen molar-refractivity contribution in [2.24, 2.45) is 40.9 Å². The lowest BCUT2D eigenvalue weighted by Crippen LogP contribution is -2.54. The Balaban J connectivity index is 1.61. The minimum absolute atomic E-state index is 0.153. The first-order chi connectivity index (χ1) is 11.9. The highest BCUT2D eigenvalue weighted by molar-refractivity contribution is 5.23. The zero-order valence-corrected chi connectivity index (χ0v) is 15.5. The molecular formula is C22H33FO2. The van der Waals surface area contributed by atoms with E-state index in [9.17, 15) is 14.6 Å². The van der Waals surface area contributed by atoms with Crippen LogP contribution >= 0.6 is 0 Å². The van der Waals surface area contributed by atoms with E-state index in [0.29, 0.717) is 41.9 Å². The zero-order valence-electron chi connectivity index (χ0n) is 15.5. The van der Waals surface area contributed by atoms with E-state index in [2.05, 4.69) is 12.8 Å². The Labute approximate surface area is 151 Å². The number of terminal acetylenes is 1. The lowest BCUT2D eigenvalue weighted by Gasteiger charge is -2.58. The molecule has 0 saturated heterocycles. The fourth-order valence-electron chi connectivity index (χ4n) is 7.82. The third-order valence-electron chi connectivity index (χ3n) is 8.97. The average molecular weight is 349 g/mol. The molecule has 0 bridgehead atoms.